The molecule has 0 saturated heterocycles. The summed E-state index contributed by atoms with van der Waals surface area (Å²) in [7, 11) is 0. The summed E-state index contributed by atoms with van der Waals surface area (Å²) in [6, 6.07) is 8.46. The summed E-state index contributed by atoms with van der Waals surface area (Å²) < 4.78 is 27.4. The zero-order valence-electron chi connectivity index (χ0n) is 10.8. The number of anilines is 1. The fourth-order valence-corrected chi connectivity index (χ4v) is 2.22. The maximum absolute atomic E-state index is 13.9. The smallest absolute Gasteiger partial charge is 0.170 e. The van der Waals surface area contributed by atoms with Crippen molar-refractivity contribution < 1.29 is 14.0 Å². The molecule has 7 heteroatoms. The Morgan fingerprint density at radius 1 is 1.24 bits per heavy atom. The average Bonchev–Trinajstić information content (AvgIpc) is 2.46. The van der Waals surface area contributed by atoms with Crippen molar-refractivity contribution in [3.05, 3.63) is 63.6 Å². The SMILES string of the molecule is NC(=NO)c1ccc(CNc2ccc(F)cc2Br)c(F)c1. The maximum atomic E-state index is 13.9. The molecule has 0 unspecified atom stereocenters. The molecule has 0 aliphatic heterocycles. The van der Waals surface area contributed by atoms with Gasteiger partial charge in [-0.15, -0.1) is 0 Å². The van der Waals surface area contributed by atoms with E-state index in [9.17, 15) is 8.78 Å². The van der Waals surface area contributed by atoms with Crippen molar-refractivity contribution in [2.75, 3.05) is 5.32 Å². The molecule has 0 heterocycles. The Morgan fingerprint density at radius 2 is 2.00 bits per heavy atom. The lowest BCUT2D eigenvalue weighted by molar-refractivity contribution is 0.318. The Morgan fingerprint density at radius 3 is 2.62 bits per heavy atom. The van der Waals surface area contributed by atoms with Crippen LogP contribution < -0.4 is 11.1 Å². The monoisotopic (exact) mass is 355 g/mol. The molecule has 0 aromatic heterocycles. The molecule has 0 fully saturated rings. The van der Waals surface area contributed by atoms with Crippen molar-refractivity contribution in [1.29, 1.82) is 0 Å². The van der Waals surface area contributed by atoms with Gasteiger partial charge in [-0.2, -0.15) is 0 Å². The maximum Gasteiger partial charge on any atom is 0.170 e. The summed E-state index contributed by atoms with van der Waals surface area (Å²) in [5.41, 5.74) is 6.73. The van der Waals surface area contributed by atoms with Crippen LogP contribution in [0.2, 0.25) is 0 Å². The minimum Gasteiger partial charge on any atom is -0.409 e. The topological polar surface area (TPSA) is 70.6 Å². The molecule has 2 aromatic carbocycles. The van der Waals surface area contributed by atoms with Crippen LogP contribution in [-0.4, -0.2) is 11.0 Å². The van der Waals surface area contributed by atoms with Gasteiger partial charge in [0.15, 0.2) is 5.84 Å². The van der Waals surface area contributed by atoms with Gasteiger partial charge in [0.2, 0.25) is 0 Å². The zero-order valence-corrected chi connectivity index (χ0v) is 12.4. The van der Waals surface area contributed by atoms with E-state index in [1.165, 1.54) is 24.3 Å². The van der Waals surface area contributed by atoms with Gasteiger partial charge in [0.25, 0.3) is 0 Å². The molecule has 4 nitrogen and oxygen atoms in total. The highest BCUT2D eigenvalue weighted by Crippen LogP contribution is 2.24. The highest BCUT2D eigenvalue weighted by molar-refractivity contribution is 9.10. The number of nitrogens with two attached hydrogens (primary N) is 1. The van der Waals surface area contributed by atoms with Crippen LogP contribution in [0.25, 0.3) is 0 Å². The number of halogens is 3. The van der Waals surface area contributed by atoms with Gasteiger partial charge in [-0.05, 0) is 40.2 Å². The molecule has 0 spiro atoms. The molecule has 0 saturated carbocycles. The van der Waals surface area contributed by atoms with Gasteiger partial charge < -0.3 is 16.3 Å². The van der Waals surface area contributed by atoms with E-state index in [-0.39, 0.29) is 18.2 Å². The second kappa shape index (κ2) is 6.53. The quantitative estimate of drug-likeness (QED) is 0.340. The van der Waals surface area contributed by atoms with Crippen molar-refractivity contribution in [1.82, 2.24) is 0 Å². The Balaban J connectivity index is 2.13. The first-order valence-corrected chi connectivity index (χ1v) is 6.76. The largest absolute Gasteiger partial charge is 0.409 e. The van der Waals surface area contributed by atoms with Crippen LogP contribution in [0.4, 0.5) is 14.5 Å². The molecule has 4 N–H and O–H groups in total. The summed E-state index contributed by atoms with van der Waals surface area (Å²) in [5, 5.41) is 14.4. The Bertz CT molecular complexity index is 692. The number of amidine groups is 1. The molecule has 0 atom stereocenters. The third-order valence-electron chi connectivity index (χ3n) is 2.86. The number of benzene rings is 2. The van der Waals surface area contributed by atoms with Crippen molar-refractivity contribution in [2.45, 2.75) is 6.54 Å². The van der Waals surface area contributed by atoms with Gasteiger partial charge in [-0.3, -0.25) is 0 Å². The van der Waals surface area contributed by atoms with Crippen LogP contribution in [0, 0.1) is 11.6 Å². The predicted molar refractivity (Wildman–Crippen MR) is 80.3 cm³/mol. The first kappa shape index (κ1) is 15.2. The molecule has 2 aromatic rings. The summed E-state index contributed by atoms with van der Waals surface area (Å²) in [4.78, 5) is 0. The highest BCUT2D eigenvalue weighted by Gasteiger charge is 2.07. The number of hydrogen-bond donors (Lipinski definition) is 3. The number of nitrogens with one attached hydrogen (secondary N) is 1. The molecule has 0 aliphatic carbocycles. The highest BCUT2D eigenvalue weighted by atomic mass is 79.9. The van der Waals surface area contributed by atoms with E-state index in [0.717, 1.165) is 0 Å². The van der Waals surface area contributed by atoms with Crippen molar-refractivity contribution in [3.63, 3.8) is 0 Å². The molecule has 0 radical (unpaired) electrons. The van der Waals surface area contributed by atoms with Crippen LogP contribution in [0.3, 0.4) is 0 Å². The minimum absolute atomic E-state index is 0.158. The first-order valence-electron chi connectivity index (χ1n) is 5.96. The van der Waals surface area contributed by atoms with E-state index in [1.807, 2.05) is 0 Å². The fraction of sp³-hybridized carbons (Fsp3) is 0.0714. The summed E-state index contributed by atoms with van der Waals surface area (Å²) >= 11 is 3.22. The van der Waals surface area contributed by atoms with Crippen LogP contribution in [-0.2, 0) is 6.54 Å². The van der Waals surface area contributed by atoms with Gasteiger partial charge in [0, 0.05) is 27.8 Å². The molecule has 0 amide bonds. The van der Waals surface area contributed by atoms with Crippen molar-refractivity contribution in [2.24, 2.45) is 10.9 Å². The van der Waals surface area contributed by atoms with Gasteiger partial charge in [0.1, 0.15) is 11.6 Å². The number of rotatable bonds is 4. The van der Waals surface area contributed by atoms with Gasteiger partial charge in [-0.25, -0.2) is 8.78 Å². The molecule has 21 heavy (non-hydrogen) atoms. The average molecular weight is 356 g/mol. The molecule has 2 rings (SSSR count). The second-order valence-corrected chi connectivity index (χ2v) is 5.12. The van der Waals surface area contributed by atoms with Crippen molar-refractivity contribution in [3.8, 4) is 0 Å². The molecule has 110 valence electrons. The number of hydrogen-bond acceptors (Lipinski definition) is 3. The molecular formula is C14H12BrF2N3O. The zero-order chi connectivity index (χ0) is 15.4. The van der Waals surface area contributed by atoms with Gasteiger partial charge in [-0.1, -0.05) is 17.3 Å². The molecule has 0 aliphatic rings. The summed E-state index contributed by atoms with van der Waals surface area (Å²) in [6.07, 6.45) is 0. The third kappa shape index (κ3) is 3.69. The minimum atomic E-state index is -0.482. The normalized spacial score (nSPS) is 11.5. The Kier molecular flexibility index (Phi) is 4.74. The van der Waals surface area contributed by atoms with Crippen LogP contribution in [0.5, 0.6) is 0 Å². The Labute approximate surface area is 128 Å². The third-order valence-corrected chi connectivity index (χ3v) is 3.51. The standard InChI is InChI=1S/C14H12BrF2N3O/c15-11-6-10(16)3-4-13(11)19-7-9-2-1-8(5-12(9)17)14(18)20-21/h1-6,19,21H,7H2,(H2,18,20). The number of oxime groups is 1. The van der Waals surface area contributed by atoms with E-state index in [4.69, 9.17) is 10.9 Å². The van der Waals surface area contributed by atoms with E-state index < -0.39 is 5.82 Å². The summed E-state index contributed by atoms with van der Waals surface area (Å²) in [6.45, 7) is 0.215. The second-order valence-electron chi connectivity index (χ2n) is 4.27. The predicted octanol–water partition coefficient (Wildman–Crippen LogP) is 3.43. The van der Waals surface area contributed by atoms with E-state index >= 15 is 0 Å². The van der Waals surface area contributed by atoms with Gasteiger partial charge >= 0.3 is 0 Å². The Hall–Kier alpha value is -2.15. The first-order chi connectivity index (χ1) is 10.0. The van der Waals surface area contributed by atoms with E-state index in [2.05, 4.69) is 26.4 Å². The number of nitrogens with zero attached hydrogens (tertiary/aromatic N) is 1. The van der Waals surface area contributed by atoms with E-state index in [0.29, 0.717) is 21.3 Å². The van der Waals surface area contributed by atoms with Crippen LogP contribution in [0.1, 0.15) is 11.1 Å². The van der Waals surface area contributed by atoms with Gasteiger partial charge in [0.05, 0.1) is 0 Å². The molecular weight excluding hydrogens is 344 g/mol. The van der Waals surface area contributed by atoms with Crippen molar-refractivity contribution >= 4 is 27.5 Å². The van der Waals surface area contributed by atoms with Crippen LogP contribution >= 0.6 is 15.9 Å². The van der Waals surface area contributed by atoms with Crippen LogP contribution in [0.15, 0.2) is 46.0 Å². The van der Waals surface area contributed by atoms with E-state index in [1.54, 1.807) is 12.1 Å². The summed E-state index contributed by atoms with van der Waals surface area (Å²) in [5.74, 6) is -0.999. The lowest BCUT2D eigenvalue weighted by Crippen LogP contribution is -2.14. The lowest BCUT2D eigenvalue weighted by atomic mass is 10.1. The lowest BCUT2D eigenvalue weighted by Gasteiger charge is -2.10. The fourth-order valence-electron chi connectivity index (χ4n) is 1.73. The molecule has 0 bridgehead atoms.